The van der Waals surface area contributed by atoms with Crippen LogP contribution in [0.1, 0.15) is 16.1 Å². The van der Waals surface area contributed by atoms with Gasteiger partial charge in [0, 0.05) is 29.8 Å². The van der Waals surface area contributed by atoms with E-state index in [9.17, 15) is 4.79 Å². The summed E-state index contributed by atoms with van der Waals surface area (Å²) in [5.41, 5.74) is 1.94. The Kier molecular flexibility index (Phi) is 4.90. The smallest absolute Gasteiger partial charge is 0.291 e. The molecule has 0 atom stereocenters. The van der Waals surface area contributed by atoms with E-state index in [-0.39, 0.29) is 18.3 Å². The van der Waals surface area contributed by atoms with Crippen molar-refractivity contribution in [2.75, 3.05) is 26.6 Å². The van der Waals surface area contributed by atoms with Gasteiger partial charge in [-0.05, 0) is 18.2 Å². The number of carbonyl (C=O) groups excluding carboxylic acids is 1. The van der Waals surface area contributed by atoms with Gasteiger partial charge >= 0.3 is 0 Å². The van der Waals surface area contributed by atoms with Crippen LogP contribution in [0.2, 0.25) is 0 Å². The number of anilines is 1. The molecule has 0 aliphatic heterocycles. The van der Waals surface area contributed by atoms with E-state index in [0.717, 1.165) is 10.9 Å². The molecule has 1 N–H and O–H groups in total. The van der Waals surface area contributed by atoms with Crippen molar-refractivity contribution in [3.8, 4) is 11.5 Å². The Bertz CT molecular complexity index is 900. The van der Waals surface area contributed by atoms with Crippen LogP contribution in [0.15, 0.2) is 46.9 Å². The van der Waals surface area contributed by atoms with Crippen molar-refractivity contribution in [2.45, 2.75) is 6.61 Å². The molecule has 0 unspecified atom stereocenters. The second kappa shape index (κ2) is 7.27. The molecule has 0 bridgehead atoms. The maximum Gasteiger partial charge on any atom is 0.291 e. The number of hydrogen-bond acceptors (Lipinski definition) is 5. The highest BCUT2D eigenvalue weighted by atomic mass is 16.5. The van der Waals surface area contributed by atoms with Gasteiger partial charge in [0.2, 0.25) is 0 Å². The van der Waals surface area contributed by atoms with Crippen molar-refractivity contribution in [3.05, 3.63) is 53.8 Å². The normalized spacial score (nSPS) is 10.7. The predicted octanol–water partition coefficient (Wildman–Crippen LogP) is 3.85. The SMILES string of the molecule is COCc1c(C(=O)Nc2ccc(OC)c(OC)c2)oc2ccccc12. The van der Waals surface area contributed by atoms with Gasteiger partial charge in [-0.25, -0.2) is 0 Å². The predicted molar refractivity (Wildman–Crippen MR) is 94.4 cm³/mol. The van der Waals surface area contributed by atoms with Crippen LogP contribution in [-0.2, 0) is 11.3 Å². The molecule has 0 radical (unpaired) electrons. The van der Waals surface area contributed by atoms with Crippen molar-refractivity contribution >= 4 is 22.6 Å². The molecule has 0 aliphatic carbocycles. The zero-order valence-electron chi connectivity index (χ0n) is 14.3. The first-order valence-corrected chi connectivity index (χ1v) is 7.70. The number of methoxy groups -OCH3 is 3. The monoisotopic (exact) mass is 341 g/mol. The average Bonchev–Trinajstić information content (AvgIpc) is 3.01. The molecule has 130 valence electrons. The molecule has 1 amide bonds. The van der Waals surface area contributed by atoms with Crippen LogP contribution in [0.5, 0.6) is 11.5 Å². The molecule has 6 nitrogen and oxygen atoms in total. The van der Waals surface area contributed by atoms with E-state index < -0.39 is 0 Å². The molecule has 0 spiro atoms. The largest absolute Gasteiger partial charge is 0.493 e. The minimum atomic E-state index is -0.351. The van der Waals surface area contributed by atoms with Crippen molar-refractivity contribution in [3.63, 3.8) is 0 Å². The molecule has 0 fully saturated rings. The summed E-state index contributed by atoms with van der Waals surface area (Å²) >= 11 is 0. The van der Waals surface area contributed by atoms with Crippen molar-refractivity contribution in [2.24, 2.45) is 0 Å². The molecule has 1 aromatic heterocycles. The lowest BCUT2D eigenvalue weighted by molar-refractivity contribution is 0.0992. The number of benzene rings is 2. The van der Waals surface area contributed by atoms with Gasteiger partial charge < -0.3 is 23.9 Å². The van der Waals surface area contributed by atoms with E-state index in [1.165, 1.54) is 0 Å². The molecule has 25 heavy (non-hydrogen) atoms. The molecule has 0 saturated heterocycles. The van der Waals surface area contributed by atoms with Gasteiger partial charge in [0.15, 0.2) is 17.3 Å². The van der Waals surface area contributed by atoms with E-state index in [0.29, 0.717) is 22.8 Å². The standard InChI is InChI=1S/C19H19NO5/c1-22-11-14-13-6-4-5-7-15(13)25-18(14)19(21)20-12-8-9-16(23-2)17(10-12)24-3/h4-10H,11H2,1-3H3,(H,20,21). The average molecular weight is 341 g/mol. The summed E-state index contributed by atoms with van der Waals surface area (Å²) in [6.45, 7) is 0.283. The molecular formula is C19H19NO5. The van der Waals surface area contributed by atoms with Crippen molar-refractivity contribution in [1.29, 1.82) is 0 Å². The minimum absolute atomic E-state index is 0.234. The van der Waals surface area contributed by atoms with Gasteiger partial charge in [-0.15, -0.1) is 0 Å². The number of amides is 1. The molecule has 6 heteroatoms. The zero-order valence-corrected chi connectivity index (χ0v) is 14.3. The Morgan fingerprint density at radius 2 is 1.80 bits per heavy atom. The number of carbonyl (C=O) groups is 1. The van der Waals surface area contributed by atoms with Crippen LogP contribution in [0.3, 0.4) is 0 Å². The molecular weight excluding hydrogens is 322 g/mol. The maximum absolute atomic E-state index is 12.7. The number of fused-ring (bicyclic) bond motifs is 1. The van der Waals surface area contributed by atoms with Gasteiger partial charge in [0.05, 0.1) is 20.8 Å². The second-order valence-corrected chi connectivity index (χ2v) is 5.36. The topological polar surface area (TPSA) is 69.9 Å². The van der Waals surface area contributed by atoms with Crippen molar-refractivity contribution in [1.82, 2.24) is 0 Å². The van der Waals surface area contributed by atoms with Gasteiger partial charge in [0.1, 0.15) is 5.58 Å². The zero-order chi connectivity index (χ0) is 17.8. The molecule has 3 aromatic rings. The third kappa shape index (κ3) is 3.29. The van der Waals surface area contributed by atoms with Crippen LogP contribution >= 0.6 is 0 Å². The number of ether oxygens (including phenoxy) is 3. The molecule has 0 aliphatic rings. The van der Waals surface area contributed by atoms with Gasteiger partial charge in [-0.1, -0.05) is 18.2 Å². The van der Waals surface area contributed by atoms with E-state index in [1.54, 1.807) is 39.5 Å². The summed E-state index contributed by atoms with van der Waals surface area (Å²) < 4.78 is 21.4. The summed E-state index contributed by atoms with van der Waals surface area (Å²) in [7, 11) is 4.68. The van der Waals surface area contributed by atoms with E-state index in [1.807, 2.05) is 24.3 Å². The lowest BCUT2D eigenvalue weighted by atomic mass is 10.1. The molecule has 1 heterocycles. The number of para-hydroxylation sites is 1. The number of furan rings is 1. The number of nitrogens with one attached hydrogen (secondary N) is 1. The van der Waals surface area contributed by atoms with E-state index in [4.69, 9.17) is 18.6 Å². The Morgan fingerprint density at radius 1 is 1.04 bits per heavy atom. The Labute approximate surface area is 145 Å². The summed E-state index contributed by atoms with van der Waals surface area (Å²) in [5, 5.41) is 3.68. The van der Waals surface area contributed by atoms with Crippen molar-refractivity contribution < 1.29 is 23.4 Å². The van der Waals surface area contributed by atoms with E-state index >= 15 is 0 Å². The Balaban J connectivity index is 1.93. The fourth-order valence-corrected chi connectivity index (χ4v) is 2.67. The summed E-state index contributed by atoms with van der Waals surface area (Å²) in [6.07, 6.45) is 0. The fraction of sp³-hybridized carbons (Fsp3) is 0.211. The maximum atomic E-state index is 12.7. The first kappa shape index (κ1) is 16.9. The molecule has 3 rings (SSSR count). The molecule has 0 saturated carbocycles. The van der Waals surface area contributed by atoms with E-state index in [2.05, 4.69) is 5.32 Å². The lowest BCUT2D eigenvalue weighted by Gasteiger charge is -2.10. The first-order chi connectivity index (χ1) is 12.2. The quantitative estimate of drug-likeness (QED) is 0.737. The van der Waals surface area contributed by atoms with Crippen LogP contribution in [0.25, 0.3) is 11.0 Å². The summed E-state index contributed by atoms with van der Waals surface area (Å²) in [4.78, 5) is 12.7. The fourth-order valence-electron chi connectivity index (χ4n) is 2.67. The Morgan fingerprint density at radius 3 is 2.52 bits per heavy atom. The third-order valence-electron chi connectivity index (χ3n) is 3.83. The highest BCUT2D eigenvalue weighted by Gasteiger charge is 2.20. The summed E-state index contributed by atoms with van der Waals surface area (Å²) in [5.74, 6) is 1.000. The van der Waals surface area contributed by atoms with Gasteiger partial charge in [0.25, 0.3) is 5.91 Å². The number of hydrogen-bond donors (Lipinski definition) is 1. The first-order valence-electron chi connectivity index (χ1n) is 7.70. The lowest BCUT2D eigenvalue weighted by Crippen LogP contribution is -2.13. The van der Waals surface area contributed by atoms with Crippen LogP contribution < -0.4 is 14.8 Å². The Hall–Kier alpha value is -2.99. The van der Waals surface area contributed by atoms with Crippen LogP contribution in [0, 0.1) is 0 Å². The van der Waals surface area contributed by atoms with Crippen LogP contribution in [0.4, 0.5) is 5.69 Å². The number of rotatable bonds is 6. The second-order valence-electron chi connectivity index (χ2n) is 5.36. The van der Waals surface area contributed by atoms with Gasteiger partial charge in [-0.3, -0.25) is 4.79 Å². The van der Waals surface area contributed by atoms with Gasteiger partial charge in [-0.2, -0.15) is 0 Å². The van der Waals surface area contributed by atoms with Crippen LogP contribution in [-0.4, -0.2) is 27.2 Å². The third-order valence-corrected chi connectivity index (χ3v) is 3.83. The molecule has 2 aromatic carbocycles. The minimum Gasteiger partial charge on any atom is -0.493 e. The highest BCUT2D eigenvalue weighted by molar-refractivity contribution is 6.06. The highest BCUT2D eigenvalue weighted by Crippen LogP contribution is 2.31. The summed E-state index contributed by atoms with van der Waals surface area (Å²) in [6, 6.07) is 12.6.